The monoisotopic (exact) mass is 228 g/mol. The van der Waals surface area contributed by atoms with Gasteiger partial charge in [0.15, 0.2) is 0 Å². The van der Waals surface area contributed by atoms with Crippen molar-refractivity contribution in [2.75, 3.05) is 0 Å². The summed E-state index contributed by atoms with van der Waals surface area (Å²) in [6, 6.07) is 0.526. The molecule has 0 aromatic carbocycles. The SMILES string of the molecule is O=S(=O)(NC1C2CC1C2)NC1C2CC1C2. The van der Waals surface area contributed by atoms with Crippen LogP contribution in [0.1, 0.15) is 25.7 Å². The standard InChI is InChI=1S/C10H16N2O2S/c13-15(14,11-9-5-1-6(9)2-5)12-10-7-3-8(10)4-7/h5-12H,1-4H2. The smallest absolute Gasteiger partial charge is 0.199 e. The quantitative estimate of drug-likeness (QED) is 0.723. The van der Waals surface area contributed by atoms with E-state index in [4.69, 9.17) is 0 Å². The molecule has 4 nitrogen and oxygen atoms in total. The van der Waals surface area contributed by atoms with Crippen LogP contribution in [0.4, 0.5) is 0 Å². The molecule has 15 heavy (non-hydrogen) atoms. The molecule has 2 N–H and O–H groups in total. The van der Waals surface area contributed by atoms with E-state index in [1.54, 1.807) is 0 Å². The molecule has 0 radical (unpaired) electrons. The van der Waals surface area contributed by atoms with Crippen molar-refractivity contribution in [1.82, 2.24) is 9.44 Å². The summed E-state index contributed by atoms with van der Waals surface area (Å²) < 4.78 is 29.1. The van der Waals surface area contributed by atoms with Crippen LogP contribution in [0.3, 0.4) is 0 Å². The van der Waals surface area contributed by atoms with Crippen LogP contribution in [0.2, 0.25) is 0 Å². The van der Waals surface area contributed by atoms with Crippen LogP contribution >= 0.6 is 0 Å². The highest BCUT2D eigenvalue weighted by atomic mass is 32.2. The van der Waals surface area contributed by atoms with Crippen molar-refractivity contribution in [3.8, 4) is 0 Å². The number of rotatable bonds is 4. The summed E-state index contributed by atoms with van der Waals surface area (Å²) in [6.45, 7) is 0. The zero-order valence-corrected chi connectivity index (χ0v) is 9.33. The summed E-state index contributed by atoms with van der Waals surface area (Å²) in [4.78, 5) is 0. The number of hydrogen-bond donors (Lipinski definition) is 2. The third kappa shape index (κ3) is 1.11. The second-order valence-corrected chi connectivity index (χ2v) is 7.25. The summed E-state index contributed by atoms with van der Waals surface area (Å²) in [7, 11) is -3.21. The van der Waals surface area contributed by atoms with Gasteiger partial charge >= 0.3 is 0 Å². The molecule has 0 spiro atoms. The van der Waals surface area contributed by atoms with Gasteiger partial charge in [-0.2, -0.15) is 17.9 Å². The van der Waals surface area contributed by atoms with Crippen molar-refractivity contribution in [3.63, 3.8) is 0 Å². The van der Waals surface area contributed by atoms with E-state index < -0.39 is 10.2 Å². The van der Waals surface area contributed by atoms with E-state index in [0.717, 1.165) is 0 Å². The molecule has 0 aliphatic heterocycles. The molecule has 84 valence electrons. The van der Waals surface area contributed by atoms with Gasteiger partial charge in [-0.1, -0.05) is 0 Å². The van der Waals surface area contributed by atoms with Gasteiger partial charge in [0.2, 0.25) is 0 Å². The number of hydrogen-bond acceptors (Lipinski definition) is 2. The third-order valence-corrected chi connectivity index (χ3v) is 6.20. The molecule has 4 bridgehead atoms. The van der Waals surface area contributed by atoms with Gasteiger partial charge in [0.25, 0.3) is 10.2 Å². The maximum absolute atomic E-state index is 11.7. The third-order valence-electron chi connectivity index (χ3n) is 5.04. The summed E-state index contributed by atoms with van der Waals surface area (Å²) in [5.41, 5.74) is 0. The first kappa shape index (κ1) is 8.96. The molecule has 6 saturated carbocycles. The fourth-order valence-electron chi connectivity index (χ4n) is 3.35. The molecule has 5 heteroatoms. The number of nitrogens with one attached hydrogen (secondary N) is 2. The predicted molar refractivity (Wildman–Crippen MR) is 55.2 cm³/mol. The molecule has 0 aromatic heterocycles. The lowest BCUT2D eigenvalue weighted by Gasteiger charge is -2.59. The molecular weight excluding hydrogens is 212 g/mol. The average Bonchev–Trinajstić information content (AvgIpc) is 1.88. The lowest BCUT2D eigenvalue weighted by molar-refractivity contribution is -0.0348. The minimum atomic E-state index is -3.21. The molecule has 6 aliphatic rings. The first-order valence-electron chi connectivity index (χ1n) is 5.92. The van der Waals surface area contributed by atoms with Gasteiger partial charge in [-0.05, 0) is 49.4 Å². The second-order valence-electron chi connectivity index (χ2n) is 5.77. The Labute approximate surface area is 90.0 Å². The van der Waals surface area contributed by atoms with Crippen molar-refractivity contribution < 1.29 is 8.42 Å². The zero-order valence-electron chi connectivity index (χ0n) is 8.52. The van der Waals surface area contributed by atoms with Gasteiger partial charge in [0.05, 0.1) is 0 Å². The van der Waals surface area contributed by atoms with Gasteiger partial charge in [0.1, 0.15) is 0 Å². The van der Waals surface area contributed by atoms with Crippen LogP contribution in [0, 0.1) is 23.7 Å². The fourth-order valence-corrected chi connectivity index (χ4v) is 4.91. The molecule has 0 heterocycles. The van der Waals surface area contributed by atoms with Gasteiger partial charge in [0, 0.05) is 12.1 Å². The molecule has 0 amide bonds. The van der Waals surface area contributed by atoms with E-state index in [-0.39, 0.29) is 12.1 Å². The fraction of sp³-hybridized carbons (Fsp3) is 1.00. The van der Waals surface area contributed by atoms with Crippen molar-refractivity contribution in [2.24, 2.45) is 23.7 Å². The highest BCUT2D eigenvalue weighted by molar-refractivity contribution is 7.87. The summed E-state index contributed by atoms with van der Waals surface area (Å²) in [6.07, 6.45) is 4.95. The van der Waals surface area contributed by atoms with Crippen molar-refractivity contribution in [1.29, 1.82) is 0 Å². The maximum Gasteiger partial charge on any atom is 0.277 e. The Morgan fingerprint density at radius 2 is 1.07 bits per heavy atom. The highest BCUT2D eigenvalue weighted by Gasteiger charge is 2.56. The summed E-state index contributed by atoms with van der Waals surface area (Å²) >= 11 is 0. The maximum atomic E-state index is 11.7. The Morgan fingerprint density at radius 1 is 0.733 bits per heavy atom. The Hall–Kier alpha value is -0.130. The molecule has 0 unspecified atom stereocenters. The van der Waals surface area contributed by atoms with Gasteiger partial charge in [-0.25, -0.2) is 0 Å². The van der Waals surface area contributed by atoms with Crippen LogP contribution in [-0.2, 0) is 10.2 Å². The van der Waals surface area contributed by atoms with E-state index >= 15 is 0 Å². The molecule has 6 aliphatic carbocycles. The topological polar surface area (TPSA) is 58.2 Å². The van der Waals surface area contributed by atoms with Crippen LogP contribution < -0.4 is 9.44 Å². The minimum Gasteiger partial charge on any atom is -0.199 e. The lowest BCUT2D eigenvalue weighted by Crippen LogP contribution is -2.69. The Balaban J connectivity index is 1.37. The van der Waals surface area contributed by atoms with Gasteiger partial charge in [-0.15, -0.1) is 0 Å². The molecular formula is C10H16N2O2S. The summed E-state index contributed by atoms with van der Waals surface area (Å²) in [5, 5.41) is 0. The minimum absolute atomic E-state index is 0.263. The largest absolute Gasteiger partial charge is 0.277 e. The van der Waals surface area contributed by atoms with Crippen molar-refractivity contribution in [3.05, 3.63) is 0 Å². The van der Waals surface area contributed by atoms with Crippen LogP contribution in [0.25, 0.3) is 0 Å². The predicted octanol–water partition coefficient (Wildman–Crippen LogP) is 0.227. The van der Waals surface area contributed by atoms with Crippen LogP contribution in [0.15, 0.2) is 0 Å². The Bertz CT molecular complexity index is 348. The second kappa shape index (κ2) is 2.57. The van der Waals surface area contributed by atoms with E-state index in [0.29, 0.717) is 23.7 Å². The van der Waals surface area contributed by atoms with E-state index in [1.165, 1.54) is 25.7 Å². The first-order chi connectivity index (χ1) is 7.12. The van der Waals surface area contributed by atoms with Crippen molar-refractivity contribution >= 4 is 10.2 Å². The molecule has 6 fully saturated rings. The van der Waals surface area contributed by atoms with Crippen LogP contribution in [0.5, 0.6) is 0 Å². The Kier molecular flexibility index (Phi) is 1.54. The molecule has 0 aromatic rings. The van der Waals surface area contributed by atoms with E-state index in [1.807, 2.05) is 0 Å². The van der Waals surface area contributed by atoms with E-state index in [2.05, 4.69) is 9.44 Å². The van der Waals surface area contributed by atoms with Crippen molar-refractivity contribution in [2.45, 2.75) is 37.8 Å². The van der Waals surface area contributed by atoms with Crippen LogP contribution in [-0.4, -0.2) is 20.5 Å². The molecule has 0 atom stereocenters. The normalized spacial score (nSPS) is 54.7. The van der Waals surface area contributed by atoms with E-state index in [9.17, 15) is 8.42 Å². The first-order valence-corrected chi connectivity index (χ1v) is 7.40. The Morgan fingerprint density at radius 3 is 1.27 bits per heavy atom. The molecule has 6 rings (SSSR count). The van der Waals surface area contributed by atoms with Gasteiger partial charge < -0.3 is 0 Å². The van der Waals surface area contributed by atoms with Gasteiger partial charge in [-0.3, -0.25) is 0 Å². The zero-order chi connectivity index (χ0) is 10.2. The average molecular weight is 228 g/mol. The summed E-state index contributed by atoms with van der Waals surface area (Å²) in [5.74, 6) is 2.56. The highest BCUT2D eigenvalue weighted by Crippen LogP contribution is 2.55. The lowest BCUT2D eigenvalue weighted by atomic mass is 9.52. The molecule has 0 saturated heterocycles.